The molecule has 0 aliphatic carbocycles. The van der Waals surface area contributed by atoms with Crippen LogP contribution in [-0.4, -0.2) is 35.9 Å². The zero-order chi connectivity index (χ0) is 10.7. The fourth-order valence-electron chi connectivity index (χ4n) is 1.96. The van der Waals surface area contributed by atoms with Crippen LogP contribution in [0.1, 0.15) is 19.3 Å². The van der Waals surface area contributed by atoms with Crippen LogP contribution in [0.3, 0.4) is 0 Å². The van der Waals surface area contributed by atoms with Crippen molar-refractivity contribution in [3.63, 3.8) is 0 Å². The molecule has 2 aliphatic heterocycles. The largest absolute Gasteiger partial charge is 0.355 e. The van der Waals surface area contributed by atoms with E-state index in [2.05, 4.69) is 10.6 Å². The summed E-state index contributed by atoms with van der Waals surface area (Å²) in [5.74, 6) is 2.11. The Bertz CT molecular complexity index is 264. The van der Waals surface area contributed by atoms with E-state index in [1.165, 1.54) is 12.2 Å². The molecule has 2 N–H and O–H groups in total. The summed E-state index contributed by atoms with van der Waals surface area (Å²) in [6, 6.07) is 0.312. The highest BCUT2D eigenvalue weighted by atomic mass is 32.2. The van der Waals surface area contributed by atoms with Crippen molar-refractivity contribution in [1.82, 2.24) is 10.6 Å². The highest BCUT2D eigenvalue weighted by Crippen LogP contribution is 2.18. The highest BCUT2D eigenvalue weighted by Gasteiger charge is 2.29. The van der Waals surface area contributed by atoms with E-state index in [0.717, 1.165) is 12.2 Å². The minimum Gasteiger partial charge on any atom is -0.355 e. The Morgan fingerprint density at radius 2 is 2.40 bits per heavy atom. The molecule has 0 bridgehead atoms. The first kappa shape index (κ1) is 10.8. The zero-order valence-electron chi connectivity index (χ0n) is 8.62. The van der Waals surface area contributed by atoms with Gasteiger partial charge in [-0.3, -0.25) is 9.59 Å². The van der Waals surface area contributed by atoms with E-state index in [1.54, 1.807) is 0 Å². The molecule has 2 unspecified atom stereocenters. The topological polar surface area (TPSA) is 58.2 Å². The van der Waals surface area contributed by atoms with Gasteiger partial charge < -0.3 is 10.6 Å². The molecule has 0 aromatic carbocycles. The van der Waals surface area contributed by atoms with Crippen molar-refractivity contribution >= 4 is 23.6 Å². The second-order valence-electron chi connectivity index (χ2n) is 4.13. The van der Waals surface area contributed by atoms with Gasteiger partial charge in [0.1, 0.15) is 0 Å². The minimum absolute atomic E-state index is 0.00632. The summed E-state index contributed by atoms with van der Waals surface area (Å²) < 4.78 is 0. The van der Waals surface area contributed by atoms with Crippen LogP contribution in [0.5, 0.6) is 0 Å². The van der Waals surface area contributed by atoms with Gasteiger partial charge >= 0.3 is 0 Å². The molecule has 2 amide bonds. The maximum atomic E-state index is 11.7. The van der Waals surface area contributed by atoms with Crippen molar-refractivity contribution in [2.75, 3.05) is 18.1 Å². The van der Waals surface area contributed by atoms with Crippen molar-refractivity contribution in [3.8, 4) is 0 Å². The average molecular weight is 228 g/mol. The normalized spacial score (nSPS) is 31.1. The predicted octanol–water partition coefficient (Wildman–Crippen LogP) is 0.134. The van der Waals surface area contributed by atoms with Crippen LogP contribution in [-0.2, 0) is 9.59 Å². The van der Waals surface area contributed by atoms with Gasteiger partial charge in [-0.05, 0) is 18.6 Å². The summed E-state index contributed by atoms with van der Waals surface area (Å²) in [7, 11) is 0. The summed E-state index contributed by atoms with van der Waals surface area (Å²) >= 11 is 1.89. The Kier molecular flexibility index (Phi) is 3.51. The lowest BCUT2D eigenvalue weighted by Crippen LogP contribution is -2.42. The number of thioether (sulfide) groups is 1. The molecule has 2 atom stereocenters. The lowest BCUT2D eigenvalue weighted by atomic mass is 10.1. The van der Waals surface area contributed by atoms with Crippen LogP contribution in [0, 0.1) is 5.92 Å². The molecule has 15 heavy (non-hydrogen) atoms. The van der Waals surface area contributed by atoms with Crippen LogP contribution in [0.4, 0.5) is 0 Å². The first-order valence-electron chi connectivity index (χ1n) is 5.40. The third-order valence-electron chi connectivity index (χ3n) is 2.85. The molecule has 0 aromatic heterocycles. The molecular formula is C10H16N2O2S. The van der Waals surface area contributed by atoms with Gasteiger partial charge in [-0.1, -0.05) is 0 Å². The van der Waals surface area contributed by atoms with Crippen molar-refractivity contribution < 1.29 is 9.59 Å². The lowest BCUT2D eigenvalue weighted by Gasteiger charge is -2.23. The van der Waals surface area contributed by atoms with Crippen LogP contribution in [0.25, 0.3) is 0 Å². The van der Waals surface area contributed by atoms with Gasteiger partial charge in [0.25, 0.3) is 0 Å². The molecule has 84 valence electrons. The average Bonchev–Trinajstić information content (AvgIpc) is 2.66. The predicted molar refractivity (Wildman–Crippen MR) is 59.6 cm³/mol. The number of amides is 2. The van der Waals surface area contributed by atoms with Crippen molar-refractivity contribution in [1.29, 1.82) is 0 Å². The smallest absolute Gasteiger partial charge is 0.225 e. The summed E-state index contributed by atoms with van der Waals surface area (Å²) in [5.41, 5.74) is 0. The number of hydrogen-bond acceptors (Lipinski definition) is 3. The van der Waals surface area contributed by atoms with E-state index in [1.807, 2.05) is 11.8 Å². The molecule has 0 spiro atoms. The molecule has 0 radical (unpaired) electrons. The van der Waals surface area contributed by atoms with Crippen LogP contribution in [0.15, 0.2) is 0 Å². The SMILES string of the molecule is O=C1CC(C(=O)NC2CCCSC2)CN1. The van der Waals surface area contributed by atoms with E-state index in [0.29, 0.717) is 19.0 Å². The Labute approximate surface area is 93.6 Å². The molecule has 5 heteroatoms. The van der Waals surface area contributed by atoms with Crippen LogP contribution in [0.2, 0.25) is 0 Å². The van der Waals surface area contributed by atoms with Gasteiger partial charge in [0.15, 0.2) is 0 Å². The molecule has 2 fully saturated rings. The number of carbonyl (C=O) groups excluding carboxylic acids is 2. The number of nitrogens with one attached hydrogen (secondary N) is 2. The summed E-state index contributed by atoms with van der Waals surface area (Å²) in [6.45, 7) is 0.504. The Hall–Kier alpha value is -0.710. The van der Waals surface area contributed by atoms with Crippen LogP contribution < -0.4 is 10.6 Å². The third-order valence-corrected chi connectivity index (χ3v) is 4.07. The minimum atomic E-state index is -0.149. The summed E-state index contributed by atoms with van der Waals surface area (Å²) in [5, 5.41) is 5.71. The third kappa shape index (κ3) is 2.87. The lowest BCUT2D eigenvalue weighted by molar-refractivity contribution is -0.127. The molecule has 2 aliphatic rings. The Morgan fingerprint density at radius 1 is 1.53 bits per heavy atom. The summed E-state index contributed by atoms with van der Waals surface area (Å²) in [6.07, 6.45) is 2.61. The fourth-order valence-corrected chi connectivity index (χ4v) is 3.04. The molecule has 0 saturated carbocycles. The van der Waals surface area contributed by atoms with E-state index >= 15 is 0 Å². The highest BCUT2D eigenvalue weighted by molar-refractivity contribution is 7.99. The maximum absolute atomic E-state index is 11.7. The molecule has 2 saturated heterocycles. The van der Waals surface area contributed by atoms with Gasteiger partial charge in [0, 0.05) is 24.8 Å². The fraction of sp³-hybridized carbons (Fsp3) is 0.800. The van der Waals surface area contributed by atoms with E-state index < -0.39 is 0 Å². The van der Waals surface area contributed by atoms with Crippen molar-refractivity contribution in [2.24, 2.45) is 5.92 Å². The van der Waals surface area contributed by atoms with Gasteiger partial charge in [-0.15, -0.1) is 0 Å². The monoisotopic (exact) mass is 228 g/mol. The zero-order valence-corrected chi connectivity index (χ0v) is 9.44. The Balaban J connectivity index is 1.78. The van der Waals surface area contributed by atoms with Gasteiger partial charge in [0.05, 0.1) is 5.92 Å². The molecule has 4 nitrogen and oxygen atoms in total. The van der Waals surface area contributed by atoms with E-state index in [-0.39, 0.29) is 17.7 Å². The van der Waals surface area contributed by atoms with Gasteiger partial charge in [-0.25, -0.2) is 0 Å². The molecule has 0 aromatic rings. The quantitative estimate of drug-likeness (QED) is 0.706. The van der Waals surface area contributed by atoms with Crippen molar-refractivity contribution in [3.05, 3.63) is 0 Å². The Morgan fingerprint density at radius 3 is 3.00 bits per heavy atom. The molecule has 2 rings (SSSR count). The van der Waals surface area contributed by atoms with E-state index in [4.69, 9.17) is 0 Å². The first-order valence-corrected chi connectivity index (χ1v) is 6.56. The second-order valence-corrected chi connectivity index (χ2v) is 5.28. The summed E-state index contributed by atoms with van der Waals surface area (Å²) in [4.78, 5) is 22.7. The number of carbonyl (C=O) groups is 2. The standard InChI is InChI=1S/C10H16N2O2S/c13-9-4-7(5-11-9)10(14)12-8-2-1-3-15-6-8/h7-8H,1-6H2,(H,11,13)(H,12,14). The molecule has 2 heterocycles. The van der Waals surface area contributed by atoms with E-state index in [9.17, 15) is 9.59 Å². The number of hydrogen-bond donors (Lipinski definition) is 2. The van der Waals surface area contributed by atoms with Crippen molar-refractivity contribution in [2.45, 2.75) is 25.3 Å². The van der Waals surface area contributed by atoms with Gasteiger partial charge in [-0.2, -0.15) is 11.8 Å². The molecular weight excluding hydrogens is 212 g/mol. The second kappa shape index (κ2) is 4.88. The van der Waals surface area contributed by atoms with Crippen LogP contribution >= 0.6 is 11.8 Å². The maximum Gasteiger partial charge on any atom is 0.225 e. The first-order chi connectivity index (χ1) is 7.25. The van der Waals surface area contributed by atoms with Gasteiger partial charge in [0.2, 0.25) is 11.8 Å². The number of rotatable bonds is 2.